The Bertz CT molecular complexity index is 435. The molecule has 0 aromatic heterocycles. The van der Waals surface area contributed by atoms with E-state index in [9.17, 15) is 26.4 Å². The van der Waals surface area contributed by atoms with E-state index in [0.29, 0.717) is 12.8 Å². The fraction of sp³-hybridized carbons (Fsp3) is 0.900. The summed E-state index contributed by atoms with van der Waals surface area (Å²) in [5.41, 5.74) is 0. The van der Waals surface area contributed by atoms with Crippen LogP contribution in [0, 0.1) is 5.92 Å². The average Bonchev–Trinajstić information content (AvgIpc) is 2.25. The van der Waals surface area contributed by atoms with Crippen molar-refractivity contribution in [1.82, 2.24) is 4.31 Å². The van der Waals surface area contributed by atoms with E-state index >= 15 is 0 Å². The van der Waals surface area contributed by atoms with Crippen molar-refractivity contribution in [3.8, 4) is 0 Å². The molecule has 1 rings (SSSR count). The van der Waals surface area contributed by atoms with Gasteiger partial charge in [-0.15, -0.1) is 0 Å². The van der Waals surface area contributed by atoms with Crippen LogP contribution < -0.4 is 0 Å². The van der Waals surface area contributed by atoms with Crippen LogP contribution in [0.3, 0.4) is 0 Å². The lowest BCUT2D eigenvalue weighted by Crippen LogP contribution is -2.48. The molecule has 0 radical (unpaired) electrons. The second-order valence-electron chi connectivity index (χ2n) is 4.71. The second kappa shape index (κ2) is 5.66. The first kappa shape index (κ1) is 16.2. The van der Waals surface area contributed by atoms with Gasteiger partial charge in [0.05, 0.1) is 18.1 Å². The molecule has 0 amide bonds. The van der Waals surface area contributed by atoms with Crippen LogP contribution in [0.25, 0.3) is 0 Å². The smallest absolute Gasteiger partial charge is 0.390 e. The molecule has 0 aromatic rings. The second-order valence-corrected chi connectivity index (χ2v) is 6.75. The largest absolute Gasteiger partial charge is 0.481 e. The van der Waals surface area contributed by atoms with Crippen LogP contribution >= 0.6 is 0 Å². The van der Waals surface area contributed by atoms with Crippen molar-refractivity contribution in [2.24, 2.45) is 5.92 Å². The maximum Gasteiger partial charge on any atom is 0.390 e. The molecule has 0 saturated carbocycles. The Balaban J connectivity index is 2.77. The molecular formula is C10H16F3NO4S. The van der Waals surface area contributed by atoms with E-state index < -0.39 is 46.3 Å². The van der Waals surface area contributed by atoms with E-state index in [-0.39, 0.29) is 6.54 Å². The number of sulfonamides is 1. The minimum atomic E-state index is -4.54. The summed E-state index contributed by atoms with van der Waals surface area (Å²) in [6, 6.07) is -0.464. The first-order chi connectivity index (χ1) is 8.53. The van der Waals surface area contributed by atoms with Crippen molar-refractivity contribution in [2.75, 3.05) is 12.3 Å². The number of carboxylic acid groups (broad SMARTS) is 1. The highest BCUT2D eigenvalue weighted by Crippen LogP contribution is 2.27. The molecule has 1 aliphatic heterocycles. The van der Waals surface area contributed by atoms with Crippen LogP contribution in [0.4, 0.5) is 13.2 Å². The number of piperidine rings is 1. The quantitative estimate of drug-likeness (QED) is 0.853. The first-order valence-corrected chi connectivity index (χ1v) is 7.43. The van der Waals surface area contributed by atoms with Gasteiger partial charge in [0.15, 0.2) is 0 Å². The van der Waals surface area contributed by atoms with Crippen molar-refractivity contribution >= 4 is 16.0 Å². The molecule has 0 aliphatic carbocycles. The van der Waals surface area contributed by atoms with E-state index in [1.807, 2.05) is 0 Å². The van der Waals surface area contributed by atoms with E-state index in [0.717, 1.165) is 4.31 Å². The number of carboxylic acids is 1. The summed E-state index contributed by atoms with van der Waals surface area (Å²) in [5, 5.41) is 8.87. The minimum absolute atomic E-state index is 0.253. The topological polar surface area (TPSA) is 74.7 Å². The van der Waals surface area contributed by atoms with Gasteiger partial charge >= 0.3 is 12.1 Å². The molecule has 9 heteroatoms. The number of hydrogen-bond acceptors (Lipinski definition) is 3. The predicted octanol–water partition coefficient (Wildman–Crippen LogP) is 1.45. The molecule has 2 unspecified atom stereocenters. The first-order valence-electron chi connectivity index (χ1n) is 5.82. The molecular weight excluding hydrogens is 287 g/mol. The standard InChI is InChI=1S/C10H16F3NO4S/c1-7-2-3-8(9(15)16)6-14(7)19(17,18)5-4-10(11,12)13/h7-8H,2-6H2,1H3,(H,15,16). The molecule has 112 valence electrons. The van der Waals surface area contributed by atoms with Crippen LogP contribution in [-0.4, -0.2) is 48.3 Å². The maximum absolute atomic E-state index is 12.1. The number of hydrogen-bond donors (Lipinski definition) is 1. The molecule has 5 nitrogen and oxygen atoms in total. The molecule has 0 aromatic carbocycles. The molecule has 0 spiro atoms. The van der Waals surface area contributed by atoms with Gasteiger partial charge in [-0.3, -0.25) is 4.79 Å². The number of rotatable bonds is 4. The fourth-order valence-corrected chi connectivity index (χ4v) is 3.81. The number of aliphatic carboxylic acids is 1. The third kappa shape index (κ3) is 4.64. The average molecular weight is 303 g/mol. The Morgan fingerprint density at radius 3 is 2.42 bits per heavy atom. The van der Waals surface area contributed by atoms with Crippen LogP contribution in [0.5, 0.6) is 0 Å². The number of alkyl halides is 3. The third-order valence-electron chi connectivity index (χ3n) is 3.17. The lowest BCUT2D eigenvalue weighted by Gasteiger charge is -2.35. The lowest BCUT2D eigenvalue weighted by molar-refractivity contribution is -0.143. The van der Waals surface area contributed by atoms with Crippen molar-refractivity contribution in [2.45, 2.75) is 38.4 Å². The zero-order chi connectivity index (χ0) is 14.8. The Hall–Kier alpha value is -0.830. The minimum Gasteiger partial charge on any atom is -0.481 e. The van der Waals surface area contributed by atoms with Crippen molar-refractivity contribution in [3.05, 3.63) is 0 Å². The zero-order valence-corrected chi connectivity index (χ0v) is 11.2. The van der Waals surface area contributed by atoms with E-state index in [1.54, 1.807) is 6.92 Å². The number of halogens is 3. The summed E-state index contributed by atoms with van der Waals surface area (Å²) in [5.74, 6) is -3.01. The summed E-state index contributed by atoms with van der Waals surface area (Å²) in [7, 11) is -4.08. The Morgan fingerprint density at radius 2 is 1.95 bits per heavy atom. The van der Waals surface area contributed by atoms with Gasteiger partial charge in [-0.2, -0.15) is 17.5 Å². The SMILES string of the molecule is CC1CCC(C(=O)O)CN1S(=O)(=O)CCC(F)(F)F. The van der Waals surface area contributed by atoms with Crippen LogP contribution in [0.15, 0.2) is 0 Å². The Labute approximate surface area is 109 Å². The zero-order valence-electron chi connectivity index (χ0n) is 10.4. The van der Waals surface area contributed by atoms with Crippen LogP contribution in [-0.2, 0) is 14.8 Å². The van der Waals surface area contributed by atoms with E-state index in [1.165, 1.54) is 0 Å². The molecule has 19 heavy (non-hydrogen) atoms. The van der Waals surface area contributed by atoms with E-state index in [2.05, 4.69) is 0 Å². The number of carbonyl (C=O) groups is 1. The summed E-state index contributed by atoms with van der Waals surface area (Å²) >= 11 is 0. The lowest BCUT2D eigenvalue weighted by atomic mass is 9.96. The van der Waals surface area contributed by atoms with Crippen molar-refractivity contribution in [3.63, 3.8) is 0 Å². The molecule has 1 saturated heterocycles. The van der Waals surface area contributed by atoms with Crippen LogP contribution in [0.1, 0.15) is 26.2 Å². The van der Waals surface area contributed by atoms with Gasteiger partial charge in [-0.1, -0.05) is 0 Å². The molecule has 1 fully saturated rings. The Kier molecular flexibility index (Phi) is 4.83. The van der Waals surface area contributed by atoms with Crippen LogP contribution in [0.2, 0.25) is 0 Å². The maximum atomic E-state index is 12.1. The summed E-state index contributed by atoms with van der Waals surface area (Å²) < 4.78 is 60.8. The molecule has 1 N–H and O–H groups in total. The van der Waals surface area contributed by atoms with Gasteiger partial charge in [0.2, 0.25) is 10.0 Å². The normalized spacial score (nSPS) is 26.3. The highest BCUT2D eigenvalue weighted by molar-refractivity contribution is 7.89. The highest BCUT2D eigenvalue weighted by atomic mass is 32.2. The highest BCUT2D eigenvalue weighted by Gasteiger charge is 2.38. The fourth-order valence-electron chi connectivity index (χ4n) is 2.03. The van der Waals surface area contributed by atoms with Gasteiger partial charge in [-0.25, -0.2) is 8.42 Å². The predicted molar refractivity (Wildman–Crippen MR) is 61.0 cm³/mol. The van der Waals surface area contributed by atoms with Gasteiger partial charge in [-0.05, 0) is 19.8 Å². The summed E-state index contributed by atoms with van der Waals surface area (Å²) in [6.45, 7) is 1.32. The summed E-state index contributed by atoms with van der Waals surface area (Å²) in [4.78, 5) is 10.8. The molecule has 0 bridgehead atoms. The van der Waals surface area contributed by atoms with Crippen molar-refractivity contribution in [1.29, 1.82) is 0 Å². The van der Waals surface area contributed by atoms with Gasteiger partial charge in [0.25, 0.3) is 0 Å². The van der Waals surface area contributed by atoms with Crippen molar-refractivity contribution < 1.29 is 31.5 Å². The third-order valence-corrected chi connectivity index (χ3v) is 5.12. The van der Waals surface area contributed by atoms with E-state index in [4.69, 9.17) is 5.11 Å². The molecule has 1 heterocycles. The van der Waals surface area contributed by atoms with Gasteiger partial charge < -0.3 is 5.11 Å². The monoisotopic (exact) mass is 303 g/mol. The molecule has 2 atom stereocenters. The Morgan fingerprint density at radius 1 is 1.37 bits per heavy atom. The molecule has 1 aliphatic rings. The summed E-state index contributed by atoms with van der Waals surface area (Å²) in [6.07, 6.45) is -5.29. The van der Waals surface area contributed by atoms with Gasteiger partial charge in [0.1, 0.15) is 0 Å². The van der Waals surface area contributed by atoms with Gasteiger partial charge in [0, 0.05) is 12.6 Å². The number of nitrogens with zero attached hydrogens (tertiary/aromatic N) is 1.